The van der Waals surface area contributed by atoms with Crippen molar-refractivity contribution in [3.05, 3.63) is 42.4 Å². The first kappa shape index (κ1) is 21.0. The summed E-state index contributed by atoms with van der Waals surface area (Å²) in [4.78, 5) is 12.2. The highest BCUT2D eigenvalue weighted by molar-refractivity contribution is 7.99. The van der Waals surface area contributed by atoms with E-state index in [1.165, 1.54) is 11.8 Å². The van der Waals surface area contributed by atoms with Gasteiger partial charge in [-0.1, -0.05) is 18.7 Å². The van der Waals surface area contributed by atoms with Crippen LogP contribution in [0.4, 0.5) is 0 Å². The van der Waals surface area contributed by atoms with Gasteiger partial charge in [-0.3, -0.25) is 9.36 Å². The molecular weight excluding hydrogens is 388 g/mol. The van der Waals surface area contributed by atoms with E-state index >= 15 is 0 Å². The highest BCUT2D eigenvalue weighted by atomic mass is 32.2. The van der Waals surface area contributed by atoms with Crippen LogP contribution in [-0.4, -0.2) is 39.1 Å². The van der Waals surface area contributed by atoms with Crippen molar-refractivity contribution in [2.24, 2.45) is 0 Å². The van der Waals surface area contributed by atoms with E-state index in [9.17, 15) is 4.79 Å². The zero-order valence-corrected chi connectivity index (χ0v) is 18.0. The fourth-order valence-electron chi connectivity index (χ4n) is 2.79. The summed E-state index contributed by atoms with van der Waals surface area (Å²) in [6.45, 7) is 8.48. The second-order valence-corrected chi connectivity index (χ2v) is 7.57. The van der Waals surface area contributed by atoms with Crippen LogP contribution < -0.4 is 10.1 Å². The standard InChI is InChI=1S/C21H26N4O3S/c1-5-14(3)22-19(26)13-29-21-24-23-20(18-11-12-28-15(18)4)25(21)16-7-9-17(10-8-16)27-6-2/h7-12,14H,5-6,13H2,1-4H3,(H,22,26). The number of ether oxygens (including phenoxy) is 1. The second kappa shape index (κ2) is 9.65. The van der Waals surface area contributed by atoms with E-state index in [2.05, 4.69) is 15.5 Å². The number of nitrogens with zero attached hydrogens (tertiary/aromatic N) is 3. The summed E-state index contributed by atoms with van der Waals surface area (Å²) in [6, 6.07) is 9.75. The van der Waals surface area contributed by atoms with Gasteiger partial charge in [0.1, 0.15) is 11.5 Å². The van der Waals surface area contributed by atoms with E-state index in [1.54, 1.807) is 6.26 Å². The highest BCUT2D eigenvalue weighted by Gasteiger charge is 2.20. The van der Waals surface area contributed by atoms with E-state index in [0.717, 1.165) is 29.2 Å². The molecule has 1 amide bonds. The van der Waals surface area contributed by atoms with E-state index in [0.29, 0.717) is 17.6 Å². The molecule has 1 unspecified atom stereocenters. The Morgan fingerprint density at radius 1 is 1.24 bits per heavy atom. The van der Waals surface area contributed by atoms with Crippen LogP contribution in [0.5, 0.6) is 5.75 Å². The normalized spacial score (nSPS) is 12.0. The van der Waals surface area contributed by atoms with Crippen molar-refractivity contribution in [3.8, 4) is 22.8 Å². The van der Waals surface area contributed by atoms with Gasteiger partial charge < -0.3 is 14.5 Å². The molecule has 3 aromatic rings. The molecule has 3 rings (SSSR count). The van der Waals surface area contributed by atoms with Crippen molar-refractivity contribution < 1.29 is 13.9 Å². The quantitative estimate of drug-likeness (QED) is 0.527. The molecule has 0 saturated carbocycles. The van der Waals surface area contributed by atoms with Gasteiger partial charge in [-0.15, -0.1) is 10.2 Å². The Morgan fingerprint density at radius 2 is 2.00 bits per heavy atom. The SMILES string of the molecule is CCOc1ccc(-n2c(SCC(=O)NC(C)CC)nnc2-c2ccoc2C)cc1. The van der Waals surface area contributed by atoms with Gasteiger partial charge >= 0.3 is 0 Å². The Kier molecular flexibility index (Phi) is 6.98. The van der Waals surface area contributed by atoms with E-state index < -0.39 is 0 Å². The van der Waals surface area contributed by atoms with Gasteiger partial charge in [0, 0.05) is 6.04 Å². The van der Waals surface area contributed by atoms with Crippen LogP contribution in [0.3, 0.4) is 0 Å². The maximum Gasteiger partial charge on any atom is 0.230 e. The van der Waals surface area contributed by atoms with Crippen LogP contribution in [0.15, 0.2) is 46.2 Å². The van der Waals surface area contributed by atoms with Gasteiger partial charge in [-0.25, -0.2) is 0 Å². The largest absolute Gasteiger partial charge is 0.494 e. The maximum absolute atomic E-state index is 12.2. The molecule has 7 nitrogen and oxygen atoms in total. The summed E-state index contributed by atoms with van der Waals surface area (Å²) >= 11 is 1.36. The third kappa shape index (κ3) is 5.00. The number of thioether (sulfide) groups is 1. The Bertz CT molecular complexity index is 949. The molecule has 0 bridgehead atoms. The molecule has 0 radical (unpaired) electrons. The van der Waals surface area contributed by atoms with Crippen LogP contribution in [0.25, 0.3) is 17.1 Å². The minimum absolute atomic E-state index is 0.0216. The molecule has 0 aliphatic heterocycles. The van der Waals surface area contributed by atoms with Crippen molar-refractivity contribution in [1.82, 2.24) is 20.1 Å². The summed E-state index contributed by atoms with van der Waals surface area (Å²) < 4.78 is 12.9. The topological polar surface area (TPSA) is 82.2 Å². The van der Waals surface area contributed by atoms with E-state index in [1.807, 2.05) is 62.6 Å². The Morgan fingerprint density at radius 3 is 2.62 bits per heavy atom. The maximum atomic E-state index is 12.2. The van der Waals surface area contributed by atoms with Gasteiger partial charge in [-0.05, 0) is 57.5 Å². The monoisotopic (exact) mass is 414 g/mol. The molecule has 0 aliphatic rings. The van der Waals surface area contributed by atoms with Crippen LogP contribution in [0.2, 0.25) is 0 Å². The average Bonchev–Trinajstić information content (AvgIpc) is 3.32. The first-order chi connectivity index (χ1) is 14.0. The number of carbonyl (C=O) groups excluding carboxylic acids is 1. The molecule has 1 aromatic carbocycles. The summed E-state index contributed by atoms with van der Waals surface area (Å²) in [5, 5.41) is 12.3. The number of aryl methyl sites for hydroxylation is 1. The van der Waals surface area contributed by atoms with Crippen LogP contribution in [-0.2, 0) is 4.79 Å². The average molecular weight is 415 g/mol. The van der Waals surface area contributed by atoms with Crippen molar-refractivity contribution >= 4 is 17.7 Å². The van der Waals surface area contributed by atoms with Crippen LogP contribution >= 0.6 is 11.8 Å². The van der Waals surface area contributed by atoms with Gasteiger partial charge in [0.05, 0.1) is 29.9 Å². The smallest absolute Gasteiger partial charge is 0.230 e. The van der Waals surface area contributed by atoms with Gasteiger partial charge in [-0.2, -0.15) is 0 Å². The predicted molar refractivity (Wildman–Crippen MR) is 114 cm³/mol. The number of furan rings is 1. The van der Waals surface area contributed by atoms with Crippen molar-refractivity contribution in [2.75, 3.05) is 12.4 Å². The van der Waals surface area contributed by atoms with Gasteiger partial charge in [0.15, 0.2) is 11.0 Å². The first-order valence-electron chi connectivity index (χ1n) is 9.68. The van der Waals surface area contributed by atoms with Crippen molar-refractivity contribution in [1.29, 1.82) is 0 Å². The lowest BCUT2D eigenvalue weighted by Gasteiger charge is -2.12. The second-order valence-electron chi connectivity index (χ2n) is 6.62. The lowest BCUT2D eigenvalue weighted by atomic mass is 10.2. The zero-order chi connectivity index (χ0) is 20.8. The molecular formula is C21H26N4O3S. The fourth-order valence-corrected chi connectivity index (χ4v) is 3.56. The summed E-state index contributed by atoms with van der Waals surface area (Å²) in [5.74, 6) is 2.48. The summed E-state index contributed by atoms with van der Waals surface area (Å²) in [6.07, 6.45) is 2.52. The molecule has 1 atom stereocenters. The number of rotatable bonds is 9. The molecule has 0 saturated heterocycles. The lowest BCUT2D eigenvalue weighted by Crippen LogP contribution is -2.33. The third-order valence-electron chi connectivity index (χ3n) is 4.49. The van der Waals surface area contributed by atoms with Gasteiger partial charge in [0.25, 0.3) is 0 Å². The molecule has 8 heteroatoms. The Hall–Kier alpha value is -2.74. The number of nitrogens with one attached hydrogen (secondary N) is 1. The number of benzene rings is 1. The molecule has 2 heterocycles. The van der Waals surface area contributed by atoms with Crippen LogP contribution in [0.1, 0.15) is 33.0 Å². The van der Waals surface area contributed by atoms with E-state index in [-0.39, 0.29) is 17.7 Å². The van der Waals surface area contributed by atoms with Gasteiger partial charge in [0.2, 0.25) is 5.91 Å². The number of aromatic nitrogens is 3. The number of hydrogen-bond donors (Lipinski definition) is 1. The van der Waals surface area contributed by atoms with Crippen LogP contribution in [0, 0.1) is 6.92 Å². The van der Waals surface area contributed by atoms with Crippen molar-refractivity contribution in [2.45, 2.75) is 45.3 Å². The summed E-state index contributed by atoms with van der Waals surface area (Å²) in [5.41, 5.74) is 1.75. The molecule has 1 N–H and O–H groups in total. The number of amides is 1. The summed E-state index contributed by atoms with van der Waals surface area (Å²) in [7, 11) is 0. The predicted octanol–water partition coefficient (Wildman–Crippen LogP) is 4.24. The molecule has 0 aliphatic carbocycles. The number of hydrogen-bond acceptors (Lipinski definition) is 6. The molecule has 0 fully saturated rings. The Balaban J connectivity index is 1.91. The zero-order valence-electron chi connectivity index (χ0n) is 17.1. The fraction of sp³-hybridized carbons (Fsp3) is 0.381. The Labute approximate surface area is 174 Å². The lowest BCUT2D eigenvalue weighted by molar-refractivity contribution is -0.119. The number of carbonyl (C=O) groups is 1. The molecule has 154 valence electrons. The van der Waals surface area contributed by atoms with E-state index in [4.69, 9.17) is 9.15 Å². The third-order valence-corrected chi connectivity index (χ3v) is 5.42. The minimum atomic E-state index is -0.0216. The highest BCUT2D eigenvalue weighted by Crippen LogP contribution is 2.30. The molecule has 0 spiro atoms. The first-order valence-corrected chi connectivity index (χ1v) is 10.7. The minimum Gasteiger partial charge on any atom is -0.494 e. The molecule has 29 heavy (non-hydrogen) atoms. The van der Waals surface area contributed by atoms with Crippen molar-refractivity contribution in [3.63, 3.8) is 0 Å². The molecule has 2 aromatic heterocycles.